The Bertz CT molecular complexity index is 2620. The molecule has 428 valence electrons. The van der Waals surface area contributed by atoms with Crippen LogP contribution < -0.4 is 59.3 Å². The fraction of sp³-hybridized carbons (Fsp3) is 0.377. The zero-order chi connectivity index (χ0) is 58.9. The van der Waals surface area contributed by atoms with Crippen LogP contribution in [0.5, 0.6) is 0 Å². The molecule has 3 aromatic carbocycles. The second-order valence-electron chi connectivity index (χ2n) is 18.8. The molecule has 13 N–H and O–H groups in total. The van der Waals surface area contributed by atoms with Crippen LogP contribution in [0.1, 0.15) is 91.6 Å². The molecular formula is C53H66N12O15. The Balaban J connectivity index is 1.61. The van der Waals surface area contributed by atoms with E-state index < -0.39 is 108 Å². The molecule has 0 radical (unpaired) electrons. The number of carbonyl (C=O) groups excluding carboxylic acids is 13. The molecule has 0 aliphatic carbocycles. The molecular weight excluding hydrogens is 1040 g/mol. The first-order chi connectivity index (χ1) is 38.1. The van der Waals surface area contributed by atoms with Crippen molar-refractivity contribution in [1.29, 1.82) is 0 Å². The van der Waals surface area contributed by atoms with Gasteiger partial charge in [0.05, 0.1) is 0 Å². The first kappa shape index (κ1) is 62.8. The van der Waals surface area contributed by atoms with Gasteiger partial charge in [0.25, 0.3) is 36.6 Å². The maximum absolute atomic E-state index is 14.3. The van der Waals surface area contributed by atoms with E-state index in [4.69, 9.17) is 20.9 Å². The summed E-state index contributed by atoms with van der Waals surface area (Å²) in [6, 6.07) is 9.40. The van der Waals surface area contributed by atoms with Gasteiger partial charge in [0.2, 0.25) is 29.5 Å². The van der Waals surface area contributed by atoms with Gasteiger partial charge in [-0.05, 0) is 91.1 Å². The highest BCUT2D eigenvalue weighted by Gasteiger charge is 2.32. The molecule has 27 nitrogen and oxygen atoms in total. The summed E-state index contributed by atoms with van der Waals surface area (Å²) in [7, 11) is 0. The number of nitrogens with zero attached hydrogens (tertiary/aromatic N) is 1. The fourth-order valence-electron chi connectivity index (χ4n) is 7.75. The lowest BCUT2D eigenvalue weighted by molar-refractivity contribution is -0.137. The van der Waals surface area contributed by atoms with E-state index in [1.165, 1.54) is 12.1 Å². The topological polar surface area (TPSA) is 404 Å². The Morgan fingerprint density at radius 3 is 1.30 bits per heavy atom. The number of nitrogens with one attached hydrogen (secondary N) is 9. The van der Waals surface area contributed by atoms with Crippen LogP contribution in [-0.2, 0) is 65.8 Å². The zero-order valence-corrected chi connectivity index (χ0v) is 44.4. The third kappa shape index (κ3) is 20.7. The molecule has 1 heterocycles. The molecule has 0 spiro atoms. The number of rotatable bonds is 32. The van der Waals surface area contributed by atoms with E-state index in [1.54, 1.807) is 76.2 Å². The maximum atomic E-state index is 14.3. The van der Waals surface area contributed by atoms with Crippen LogP contribution in [-0.4, -0.2) is 127 Å². The summed E-state index contributed by atoms with van der Waals surface area (Å²) < 4.78 is 9.52. The van der Waals surface area contributed by atoms with Gasteiger partial charge in [0.1, 0.15) is 37.4 Å². The van der Waals surface area contributed by atoms with Gasteiger partial charge in [-0.25, -0.2) is 9.59 Å². The van der Waals surface area contributed by atoms with Crippen LogP contribution in [0.3, 0.4) is 0 Å². The van der Waals surface area contributed by atoms with Gasteiger partial charge < -0.3 is 68.8 Å². The Hall–Kier alpha value is -9.69. The van der Waals surface area contributed by atoms with Crippen molar-refractivity contribution in [3.8, 4) is 0 Å². The molecule has 0 bridgehead atoms. The Kier molecular flexibility index (Phi) is 24.8. The average molecular weight is 1110 g/mol. The molecule has 4 rings (SSSR count). The number of hydrogen-bond donors (Lipinski definition) is 11. The maximum Gasteiger partial charge on any atom is 0.312 e. The number of nitrogens with two attached hydrogens (primary N) is 2. The van der Waals surface area contributed by atoms with Gasteiger partial charge in [0, 0.05) is 66.4 Å². The SMILES string of the molecule is CC(C)[C@H](NC(=O)c1cc(NC(=O)CCN2C(=O)C=CC2=O)cc(C(=O)N[C@H](C(=O)N[C@@H](CCCNC(N)=O)C(=O)Nc2ccc(COC=O)cc2)C(C)C)c1)C(=O)N[C@@H](CCCNC(N)=O)C(=O)Nc1ccc(COC=O)cc1. The van der Waals surface area contributed by atoms with Gasteiger partial charge in [-0.15, -0.1) is 0 Å². The van der Waals surface area contributed by atoms with Crippen molar-refractivity contribution in [2.24, 2.45) is 23.3 Å². The fourth-order valence-corrected chi connectivity index (χ4v) is 7.75. The van der Waals surface area contributed by atoms with Crippen LogP contribution >= 0.6 is 0 Å². The molecule has 80 heavy (non-hydrogen) atoms. The van der Waals surface area contributed by atoms with Crippen molar-refractivity contribution in [1.82, 2.24) is 36.8 Å². The molecule has 0 fully saturated rings. The molecule has 0 saturated heterocycles. The van der Waals surface area contributed by atoms with Crippen molar-refractivity contribution >= 4 is 95.2 Å². The third-order valence-electron chi connectivity index (χ3n) is 12.0. The summed E-state index contributed by atoms with van der Waals surface area (Å²) in [4.78, 5) is 167. The second-order valence-corrected chi connectivity index (χ2v) is 18.8. The van der Waals surface area contributed by atoms with Crippen molar-refractivity contribution in [3.05, 3.63) is 101 Å². The molecule has 1 aliphatic heterocycles. The van der Waals surface area contributed by atoms with Crippen molar-refractivity contribution in [3.63, 3.8) is 0 Å². The Morgan fingerprint density at radius 1 is 0.537 bits per heavy atom. The van der Waals surface area contributed by atoms with E-state index in [2.05, 4.69) is 47.9 Å². The number of anilines is 3. The first-order valence-electron chi connectivity index (χ1n) is 25.3. The normalized spacial score (nSPS) is 13.2. The summed E-state index contributed by atoms with van der Waals surface area (Å²) in [6.07, 6.45) is 2.04. The van der Waals surface area contributed by atoms with Gasteiger partial charge >= 0.3 is 12.1 Å². The first-order valence-corrected chi connectivity index (χ1v) is 25.3. The van der Waals surface area contributed by atoms with E-state index in [9.17, 15) is 62.3 Å². The monoisotopic (exact) mass is 1110 g/mol. The van der Waals surface area contributed by atoms with E-state index in [1.807, 2.05) is 0 Å². The molecule has 0 aromatic heterocycles. The average Bonchev–Trinajstić information content (AvgIpc) is 3.74. The van der Waals surface area contributed by atoms with E-state index in [-0.39, 0.29) is 75.3 Å². The molecule has 27 heteroatoms. The van der Waals surface area contributed by atoms with Crippen molar-refractivity contribution < 1.29 is 71.8 Å². The Morgan fingerprint density at radius 2 is 0.938 bits per heavy atom. The summed E-state index contributed by atoms with van der Waals surface area (Å²) in [5.74, 6) is -8.07. The van der Waals surface area contributed by atoms with Crippen LogP contribution in [0, 0.1) is 11.8 Å². The lowest BCUT2D eigenvalue weighted by Gasteiger charge is -2.26. The van der Waals surface area contributed by atoms with E-state index in [0.717, 1.165) is 23.1 Å². The number of amides is 13. The molecule has 13 amide bonds. The zero-order valence-electron chi connectivity index (χ0n) is 44.4. The molecule has 0 unspecified atom stereocenters. The third-order valence-corrected chi connectivity index (χ3v) is 12.0. The van der Waals surface area contributed by atoms with Gasteiger partial charge in [-0.2, -0.15) is 0 Å². The quantitative estimate of drug-likeness (QED) is 0.0235. The van der Waals surface area contributed by atoms with Gasteiger partial charge in [-0.3, -0.25) is 57.6 Å². The molecule has 3 aromatic rings. The van der Waals surface area contributed by atoms with Crippen LogP contribution in [0.2, 0.25) is 0 Å². The number of imide groups is 1. The summed E-state index contributed by atoms with van der Waals surface area (Å²) in [6.45, 7) is 6.81. The predicted molar refractivity (Wildman–Crippen MR) is 287 cm³/mol. The van der Waals surface area contributed by atoms with Crippen molar-refractivity contribution in [2.45, 2.75) is 97.2 Å². The summed E-state index contributed by atoms with van der Waals surface area (Å²) in [5, 5.41) is 23.4. The number of carbonyl (C=O) groups is 13. The van der Waals surface area contributed by atoms with E-state index in [0.29, 0.717) is 35.4 Å². The number of primary amides is 2. The van der Waals surface area contributed by atoms with Gasteiger partial charge in [-0.1, -0.05) is 52.0 Å². The minimum absolute atomic E-state index is 0.00719. The minimum Gasteiger partial charge on any atom is -0.463 e. The number of hydrogen-bond acceptors (Lipinski definition) is 15. The standard InChI is InChI=1S/C53H66N12O15/c1-30(2)44(50(75)61-39(7-5-20-56-52(54)77)48(73)59-36-13-9-32(10-14-36)26-79-28-66)63-46(71)34-23-35(25-38(24-34)58-41(68)19-22-65-42(69)17-18-43(65)70)47(72)64-45(31(3)4)51(76)62-40(8-6-21-57-53(55)78)49(74)60-37-15-11-33(12-16-37)27-80-29-67/h9-18,23-25,28-31,39-40,44-45H,5-8,19-22,26-27H2,1-4H3,(H,58,68)(H,59,73)(H,60,74)(H,61,75)(H,62,76)(H,63,71)(H,64,72)(H3,54,56,77)(H3,55,57,78)/t39-,40-,44-,45-/m0/s1. The molecule has 4 atom stereocenters. The second kappa shape index (κ2) is 31.5. The highest BCUT2D eigenvalue weighted by Crippen LogP contribution is 2.20. The lowest BCUT2D eigenvalue weighted by Crippen LogP contribution is -2.55. The minimum atomic E-state index is -1.34. The largest absolute Gasteiger partial charge is 0.463 e. The van der Waals surface area contributed by atoms with Crippen LogP contribution in [0.15, 0.2) is 78.9 Å². The highest BCUT2D eigenvalue weighted by atomic mass is 16.5. The summed E-state index contributed by atoms with van der Waals surface area (Å²) in [5.41, 5.74) is 11.7. The molecule has 0 saturated carbocycles. The number of benzene rings is 3. The highest BCUT2D eigenvalue weighted by molar-refractivity contribution is 6.13. The van der Waals surface area contributed by atoms with E-state index >= 15 is 0 Å². The van der Waals surface area contributed by atoms with Crippen molar-refractivity contribution in [2.75, 3.05) is 35.6 Å². The lowest BCUT2D eigenvalue weighted by atomic mass is 10.00. The van der Waals surface area contributed by atoms with Gasteiger partial charge in [0.15, 0.2) is 0 Å². The molecule has 1 aliphatic rings. The Labute approximate surface area is 459 Å². The number of ether oxygens (including phenoxy) is 2. The predicted octanol–water partition coefficient (Wildman–Crippen LogP) is 0.939. The van der Waals surface area contributed by atoms with Crippen LogP contribution in [0.25, 0.3) is 0 Å². The smallest absolute Gasteiger partial charge is 0.312 e. The summed E-state index contributed by atoms with van der Waals surface area (Å²) >= 11 is 0. The number of urea groups is 2. The van der Waals surface area contributed by atoms with Crippen LogP contribution in [0.4, 0.5) is 26.7 Å².